The van der Waals surface area contributed by atoms with Crippen molar-refractivity contribution in [1.29, 1.82) is 0 Å². The van der Waals surface area contributed by atoms with E-state index in [9.17, 15) is 22.4 Å². The molecular formula is C19H15F4N3O. The van der Waals surface area contributed by atoms with E-state index in [0.29, 0.717) is 11.3 Å². The Morgan fingerprint density at radius 3 is 2.30 bits per heavy atom. The molecule has 3 rings (SSSR count). The molecule has 4 nitrogen and oxygen atoms in total. The Kier molecular flexibility index (Phi) is 5.25. The number of aromatic nitrogens is 2. The van der Waals surface area contributed by atoms with E-state index in [4.69, 9.17) is 0 Å². The summed E-state index contributed by atoms with van der Waals surface area (Å²) in [4.78, 5) is 14.1. The van der Waals surface area contributed by atoms with Crippen molar-refractivity contribution in [2.24, 2.45) is 0 Å². The smallest absolute Gasteiger partial charge is 0.306 e. The van der Waals surface area contributed by atoms with Gasteiger partial charge in [0.2, 0.25) is 5.91 Å². The van der Waals surface area contributed by atoms with Crippen molar-refractivity contribution in [3.63, 3.8) is 0 Å². The summed E-state index contributed by atoms with van der Waals surface area (Å²) < 4.78 is 53.0. The van der Waals surface area contributed by atoms with Gasteiger partial charge in [-0.3, -0.25) is 9.48 Å². The third-order valence-electron chi connectivity index (χ3n) is 3.88. The molecule has 0 aliphatic carbocycles. The van der Waals surface area contributed by atoms with Gasteiger partial charge < -0.3 is 4.90 Å². The van der Waals surface area contributed by atoms with Crippen LogP contribution in [0, 0.1) is 5.82 Å². The molecule has 3 aromatic rings. The van der Waals surface area contributed by atoms with Crippen LogP contribution in [0.2, 0.25) is 0 Å². The van der Waals surface area contributed by atoms with Crippen LogP contribution in [0.15, 0.2) is 66.9 Å². The molecule has 0 atom stereocenters. The number of amides is 1. The van der Waals surface area contributed by atoms with Crippen LogP contribution in [-0.4, -0.2) is 15.7 Å². The molecule has 0 aliphatic heterocycles. The lowest BCUT2D eigenvalue weighted by atomic mass is 10.1. The van der Waals surface area contributed by atoms with E-state index in [1.807, 2.05) is 0 Å². The number of nitrogens with zero attached hydrogens (tertiary/aromatic N) is 3. The van der Waals surface area contributed by atoms with Crippen LogP contribution in [0.4, 0.5) is 23.2 Å². The van der Waals surface area contributed by atoms with Gasteiger partial charge in [-0.15, -0.1) is 0 Å². The zero-order valence-corrected chi connectivity index (χ0v) is 14.0. The largest absolute Gasteiger partial charge is 0.435 e. The molecular weight excluding hydrogens is 362 g/mol. The number of carbonyl (C=O) groups excluding carboxylic acids is 1. The van der Waals surface area contributed by atoms with Crippen molar-refractivity contribution < 1.29 is 22.4 Å². The molecule has 0 radical (unpaired) electrons. The van der Waals surface area contributed by atoms with E-state index in [1.54, 1.807) is 42.5 Å². The predicted octanol–water partition coefficient (Wildman–Crippen LogP) is 4.27. The fourth-order valence-electron chi connectivity index (χ4n) is 2.55. The van der Waals surface area contributed by atoms with Crippen molar-refractivity contribution >= 4 is 11.6 Å². The van der Waals surface area contributed by atoms with Crippen LogP contribution in [-0.2, 0) is 24.1 Å². The van der Waals surface area contributed by atoms with Crippen LogP contribution in [0.5, 0.6) is 0 Å². The molecule has 8 heteroatoms. The predicted molar refractivity (Wildman–Crippen MR) is 91.3 cm³/mol. The molecule has 0 aliphatic rings. The van der Waals surface area contributed by atoms with Crippen LogP contribution < -0.4 is 4.90 Å². The molecule has 27 heavy (non-hydrogen) atoms. The molecule has 0 bridgehead atoms. The summed E-state index contributed by atoms with van der Waals surface area (Å²) in [5.74, 6) is -0.981. The average Bonchev–Trinajstić information content (AvgIpc) is 3.10. The zero-order valence-electron chi connectivity index (χ0n) is 14.0. The first kappa shape index (κ1) is 18.6. The van der Waals surface area contributed by atoms with E-state index < -0.39 is 30.1 Å². The lowest BCUT2D eigenvalue weighted by Gasteiger charge is -2.23. The minimum atomic E-state index is -4.58. The van der Waals surface area contributed by atoms with Crippen LogP contribution in [0.25, 0.3) is 0 Å². The molecule has 1 aromatic heterocycles. The van der Waals surface area contributed by atoms with E-state index in [-0.39, 0.29) is 6.54 Å². The molecule has 0 saturated heterocycles. The zero-order chi connectivity index (χ0) is 19.4. The Labute approximate surface area is 152 Å². The molecule has 1 amide bonds. The summed E-state index contributed by atoms with van der Waals surface area (Å²) in [5.41, 5.74) is -0.268. The van der Waals surface area contributed by atoms with Crippen LogP contribution >= 0.6 is 0 Å². The molecule has 0 N–H and O–H groups in total. The number of alkyl halides is 3. The first-order valence-electron chi connectivity index (χ1n) is 8.04. The highest BCUT2D eigenvalue weighted by Gasteiger charge is 2.33. The van der Waals surface area contributed by atoms with Gasteiger partial charge in [0, 0.05) is 17.4 Å². The average molecular weight is 377 g/mol. The molecule has 0 saturated carbocycles. The van der Waals surface area contributed by atoms with E-state index in [0.717, 1.165) is 16.9 Å². The van der Waals surface area contributed by atoms with Crippen LogP contribution in [0.1, 0.15) is 11.3 Å². The Morgan fingerprint density at radius 1 is 1.00 bits per heavy atom. The SMILES string of the molecule is O=C(Cn1ccc(C(F)(F)F)n1)N(Cc1ccccc1F)c1ccccc1. The van der Waals surface area contributed by atoms with Crippen molar-refractivity contribution in [2.45, 2.75) is 19.3 Å². The fraction of sp³-hybridized carbons (Fsp3) is 0.158. The lowest BCUT2D eigenvalue weighted by molar-refractivity contribution is -0.141. The first-order valence-corrected chi connectivity index (χ1v) is 8.04. The number of para-hydroxylation sites is 1. The minimum absolute atomic E-state index is 0.0527. The highest BCUT2D eigenvalue weighted by Crippen LogP contribution is 2.27. The second-order valence-corrected chi connectivity index (χ2v) is 5.80. The highest BCUT2D eigenvalue weighted by molar-refractivity contribution is 5.93. The molecule has 0 spiro atoms. The first-order chi connectivity index (χ1) is 12.8. The van der Waals surface area contributed by atoms with Gasteiger partial charge in [0.15, 0.2) is 5.69 Å². The number of hydrogen-bond acceptors (Lipinski definition) is 2. The normalized spacial score (nSPS) is 11.4. The summed E-state index contributed by atoms with van der Waals surface area (Å²) in [6, 6.07) is 15.4. The third kappa shape index (κ3) is 4.52. The number of benzene rings is 2. The summed E-state index contributed by atoms with van der Waals surface area (Å²) in [6.07, 6.45) is -3.49. The van der Waals surface area contributed by atoms with Crippen molar-refractivity contribution in [1.82, 2.24) is 9.78 Å². The molecule has 0 fully saturated rings. The van der Waals surface area contributed by atoms with E-state index in [2.05, 4.69) is 5.10 Å². The molecule has 1 heterocycles. The quantitative estimate of drug-likeness (QED) is 0.623. The third-order valence-corrected chi connectivity index (χ3v) is 3.88. The maximum atomic E-state index is 14.0. The van der Waals surface area contributed by atoms with Gasteiger partial charge in [-0.1, -0.05) is 36.4 Å². The summed E-state index contributed by atoms with van der Waals surface area (Å²) in [5, 5.41) is 3.39. The van der Waals surface area contributed by atoms with Gasteiger partial charge in [0.25, 0.3) is 0 Å². The van der Waals surface area contributed by atoms with E-state index in [1.165, 1.54) is 17.0 Å². The Morgan fingerprint density at radius 2 is 1.67 bits per heavy atom. The summed E-state index contributed by atoms with van der Waals surface area (Å²) in [7, 11) is 0. The molecule has 2 aromatic carbocycles. The topological polar surface area (TPSA) is 38.1 Å². The van der Waals surface area contributed by atoms with Gasteiger partial charge in [-0.05, 0) is 24.3 Å². The summed E-state index contributed by atoms with van der Waals surface area (Å²) in [6.45, 7) is -0.456. The Balaban J connectivity index is 1.85. The fourth-order valence-corrected chi connectivity index (χ4v) is 2.55. The van der Waals surface area contributed by atoms with Crippen molar-refractivity contribution in [3.05, 3.63) is 83.9 Å². The van der Waals surface area contributed by atoms with Gasteiger partial charge in [0.1, 0.15) is 12.4 Å². The maximum absolute atomic E-state index is 14.0. The van der Waals surface area contributed by atoms with Gasteiger partial charge in [-0.25, -0.2) is 4.39 Å². The number of anilines is 1. The standard InChI is InChI=1S/C19H15F4N3O/c20-16-9-5-4-6-14(16)12-26(15-7-2-1-3-8-15)18(27)13-25-11-10-17(24-25)19(21,22)23/h1-11H,12-13H2. The number of rotatable bonds is 5. The minimum Gasteiger partial charge on any atom is -0.306 e. The van der Waals surface area contributed by atoms with Crippen molar-refractivity contribution in [3.8, 4) is 0 Å². The molecule has 0 unspecified atom stereocenters. The van der Waals surface area contributed by atoms with E-state index >= 15 is 0 Å². The lowest BCUT2D eigenvalue weighted by Crippen LogP contribution is -2.34. The van der Waals surface area contributed by atoms with Crippen LogP contribution in [0.3, 0.4) is 0 Å². The number of halogens is 4. The van der Waals surface area contributed by atoms with Gasteiger partial charge >= 0.3 is 6.18 Å². The maximum Gasteiger partial charge on any atom is 0.435 e. The Bertz CT molecular complexity index is 922. The molecule has 140 valence electrons. The second-order valence-electron chi connectivity index (χ2n) is 5.80. The highest BCUT2D eigenvalue weighted by atomic mass is 19.4. The number of carbonyl (C=O) groups is 1. The second kappa shape index (κ2) is 7.61. The van der Waals surface area contributed by atoms with Gasteiger partial charge in [-0.2, -0.15) is 18.3 Å². The summed E-state index contributed by atoms with van der Waals surface area (Å²) >= 11 is 0. The van der Waals surface area contributed by atoms with Crippen molar-refractivity contribution in [2.75, 3.05) is 4.90 Å². The monoisotopic (exact) mass is 377 g/mol. The van der Waals surface area contributed by atoms with Gasteiger partial charge in [0.05, 0.1) is 6.54 Å². The Hall–Kier alpha value is -3.16. The number of hydrogen-bond donors (Lipinski definition) is 0.